The molecular weight excluding hydrogens is 344 g/mol. The van der Waals surface area contributed by atoms with Gasteiger partial charge in [-0.3, -0.25) is 0 Å². The van der Waals surface area contributed by atoms with Gasteiger partial charge in [0.25, 0.3) is 0 Å². The SMILES string of the molecule is c1ccc2nc3c(nc2c1)c1ccccc1n3CCCCCN1CCCCC1. The van der Waals surface area contributed by atoms with Gasteiger partial charge in [0.2, 0.25) is 0 Å². The summed E-state index contributed by atoms with van der Waals surface area (Å²) in [7, 11) is 0. The number of aryl methyl sites for hydroxylation is 1. The van der Waals surface area contributed by atoms with E-state index in [0.717, 1.165) is 28.7 Å². The van der Waals surface area contributed by atoms with Crippen molar-refractivity contribution in [2.45, 2.75) is 45.1 Å². The number of benzene rings is 2. The molecule has 0 radical (unpaired) electrons. The average Bonchev–Trinajstić information content (AvgIpc) is 3.05. The normalized spacial score (nSPS) is 15.7. The van der Waals surface area contributed by atoms with E-state index in [-0.39, 0.29) is 0 Å². The van der Waals surface area contributed by atoms with Gasteiger partial charge in [-0.1, -0.05) is 43.2 Å². The van der Waals surface area contributed by atoms with Crippen molar-refractivity contribution >= 4 is 33.1 Å². The summed E-state index contributed by atoms with van der Waals surface area (Å²) >= 11 is 0. The highest BCUT2D eigenvalue weighted by atomic mass is 15.1. The summed E-state index contributed by atoms with van der Waals surface area (Å²) in [6.45, 7) is 4.87. The zero-order valence-corrected chi connectivity index (χ0v) is 16.5. The molecule has 0 spiro atoms. The standard InChI is InChI=1S/C24H28N4/c1-7-15-27(16-8-1)17-9-2-10-18-28-22-14-6-3-11-19(22)23-24(28)26-21-13-5-4-12-20(21)25-23/h3-6,11-14H,1-2,7-10,15-18H2. The molecule has 4 aromatic rings. The summed E-state index contributed by atoms with van der Waals surface area (Å²) in [5.74, 6) is 0. The Kier molecular flexibility index (Phi) is 4.96. The zero-order chi connectivity index (χ0) is 18.8. The molecule has 0 saturated carbocycles. The Balaban J connectivity index is 1.37. The van der Waals surface area contributed by atoms with Crippen LogP contribution < -0.4 is 0 Å². The van der Waals surface area contributed by atoms with Gasteiger partial charge < -0.3 is 9.47 Å². The van der Waals surface area contributed by atoms with Crippen LogP contribution >= 0.6 is 0 Å². The van der Waals surface area contributed by atoms with Crippen LogP contribution in [0.3, 0.4) is 0 Å². The maximum atomic E-state index is 4.98. The highest BCUT2D eigenvalue weighted by molar-refractivity contribution is 6.06. The van der Waals surface area contributed by atoms with Gasteiger partial charge in [-0.2, -0.15) is 0 Å². The summed E-state index contributed by atoms with van der Waals surface area (Å²) in [5, 5.41) is 1.21. The number of fused-ring (bicyclic) bond motifs is 4. The second kappa shape index (κ2) is 7.88. The third kappa shape index (κ3) is 3.37. The first-order chi connectivity index (χ1) is 13.9. The van der Waals surface area contributed by atoms with Gasteiger partial charge >= 0.3 is 0 Å². The molecule has 1 aliphatic rings. The highest BCUT2D eigenvalue weighted by Crippen LogP contribution is 2.28. The summed E-state index contributed by atoms with van der Waals surface area (Å²) in [6, 6.07) is 16.8. The number of unbranched alkanes of at least 4 members (excludes halogenated alkanes) is 2. The van der Waals surface area contributed by atoms with Gasteiger partial charge in [0.1, 0.15) is 5.52 Å². The third-order valence-electron chi connectivity index (χ3n) is 6.06. The molecule has 0 unspecified atom stereocenters. The largest absolute Gasteiger partial charge is 0.324 e. The average molecular weight is 373 g/mol. The molecule has 5 rings (SSSR count). The summed E-state index contributed by atoms with van der Waals surface area (Å²) in [6.07, 6.45) is 7.94. The first kappa shape index (κ1) is 17.6. The first-order valence-electron chi connectivity index (χ1n) is 10.8. The van der Waals surface area contributed by atoms with Crippen molar-refractivity contribution < 1.29 is 0 Å². The maximum absolute atomic E-state index is 4.98. The molecule has 0 bridgehead atoms. The molecule has 28 heavy (non-hydrogen) atoms. The van der Waals surface area contributed by atoms with Crippen molar-refractivity contribution in [3.8, 4) is 0 Å². The molecule has 4 heteroatoms. The molecule has 2 aromatic carbocycles. The van der Waals surface area contributed by atoms with Crippen LogP contribution in [-0.4, -0.2) is 39.1 Å². The lowest BCUT2D eigenvalue weighted by Crippen LogP contribution is -2.30. The third-order valence-corrected chi connectivity index (χ3v) is 6.06. The van der Waals surface area contributed by atoms with Gasteiger partial charge in [-0.15, -0.1) is 0 Å². The van der Waals surface area contributed by atoms with Gasteiger partial charge in [0, 0.05) is 11.9 Å². The van der Waals surface area contributed by atoms with E-state index in [1.54, 1.807) is 0 Å². The van der Waals surface area contributed by atoms with Gasteiger partial charge in [0.05, 0.1) is 16.6 Å². The Bertz CT molecular complexity index is 1090. The molecule has 2 aromatic heterocycles. The fraction of sp³-hybridized carbons (Fsp3) is 0.417. The maximum Gasteiger partial charge on any atom is 0.160 e. The zero-order valence-electron chi connectivity index (χ0n) is 16.5. The van der Waals surface area contributed by atoms with E-state index in [0.29, 0.717) is 0 Å². The minimum absolute atomic E-state index is 0.972. The van der Waals surface area contributed by atoms with Crippen LogP contribution in [0.25, 0.3) is 33.1 Å². The summed E-state index contributed by atoms with van der Waals surface area (Å²) in [4.78, 5) is 12.6. The number of piperidine rings is 1. The van der Waals surface area contributed by atoms with Crippen molar-refractivity contribution in [2.75, 3.05) is 19.6 Å². The van der Waals surface area contributed by atoms with Crippen LogP contribution in [0.15, 0.2) is 48.5 Å². The predicted octanol–water partition coefficient (Wildman–Crippen LogP) is 5.39. The second-order valence-corrected chi connectivity index (χ2v) is 8.02. The lowest BCUT2D eigenvalue weighted by Gasteiger charge is -2.26. The second-order valence-electron chi connectivity index (χ2n) is 8.02. The van der Waals surface area contributed by atoms with Crippen molar-refractivity contribution in [3.05, 3.63) is 48.5 Å². The topological polar surface area (TPSA) is 34.0 Å². The van der Waals surface area contributed by atoms with E-state index in [9.17, 15) is 0 Å². The molecule has 0 amide bonds. The lowest BCUT2D eigenvalue weighted by molar-refractivity contribution is 0.224. The van der Waals surface area contributed by atoms with Crippen molar-refractivity contribution in [3.63, 3.8) is 0 Å². The van der Waals surface area contributed by atoms with Crippen LogP contribution in [0, 0.1) is 0 Å². The van der Waals surface area contributed by atoms with Gasteiger partial charge in [0.15, 0.2) is 5.65 Å². The molecule has 1 saturated heterocycles. The molecule has 0 N–H and O–H groups in total. The minimum Gasteiger partial charge on any atom is -0.324 e. The van der Waals surface area contributed by atoms with Gasteiger partial charge in [-0.05, 0) is 63.5 Å². The fourth-order valence-corrected chi connectivity index (χ4v) is 4.57. The van der Waals surface area contributed by atoms with Crippen LogP contribution in [-0.2, 0) is 6.54 Å². The Morgan fingerprint density at radius 3 is 2.29 bits per heavy atom. The predicted molar refractivity (Wildman–Crippen MR) is 117 cm³/mol. The summed E-state index contributed by atoms with van der Waals surface area (Å²) in [5.41, 5.74) is 5.26. The van der Waals surface area contributed by atoms with Crippen molar-refractivity contribution in [1.29, 1.82) is 0 Å². The van der Waals surface area contributed by atoms with E-state index in [2.05, 4.69) is 45.9 Å². The number of rotatable bonds is 6. The van der Waals surface area contributed by atoms with Crippen molar-refractivity contribution in [2.24, 2.45) is 0 Å². The summed E-state index contributed by atoms with van der Waals surface area (Å²) < 4.78 is 2.38. The van der Waals surface area contributed by atoms with Crippen LogP contribution in [0.2, 0.25) is 0 Å². The Morgan fingerprint density at radius 1 is 0.714 bits per heavy atom. The van der Waals surface area contributed by atoms with E-state index < -0.39 is 0 Å². The van der Waals surface area contributed by atoms with Crippen LogP contribution in [0.4, 0.5) is 0 Å². The number of hydrogen-bond acceptors (Lipinski definition) is 3. The Labute approximate surface area is 166 Å². The number of nitrogens with zero attached hydrogens (tertiary/aromatic N) is 4. The smallest absolute Gasteiger partial charge is 0.160 e. The molecular formula is C24H28N4. The van der Waals surface area contributed by atoms with E-state index >= 15 is 0 Å². The van der Waals surface area contributed by atoms with Crippen LogP contribution in [0.5, 0.6) is 0 Å². The quantitative estimate of drug-likeness (QED) is 0.425. The lowest BCUT2D eigenvalue weighted by atomic mass is 10.1. The molecule has 4 nitrogen and oxygen atoms in total. The minimum atomic E-state index is 0.972. The van der Waals surface area contributed by atoms with E-state index in [4.69, 9.17) is 9.97 Å². The number of aromatic nitrogens is 3. The first-order valence-corrected chi connectivity index (χ1v) is 10.8. The Hall–Kier alpha value is -2.46. The van der Waals surface area contributed by atoms with Crippen molar-refractivity contribution in [1.82, 2.24) is 19.4 Å². The Morgan fingerprint density at radius 2 is 1.43 bits per heavy atom. The number of likely N-dealkylation sites (tertiary alicyclic amines) is 1. The number of para-hydroxylation sites is 3. The molecule has 0 atom stereocenters. The molecule has 1 aliphatic heterocycles. The molecule has 0 aliphatic carbocycles. The fourth-order valence-electron chi connectivity index (χ4n) is 4.57. The highest BCUT2D eigenvalue weighted by Gasteiger charge is 2.14. The molecule has 144 valence electrons. The van der Waals surface area contributed by atoms with Gasteiger partial charge in [-0.25, -0.2) is 9.97 Å². The van der Waals surface area contributed by atoms with E-state index in [1.807, 2.05) is 12.1 Å². The molecule has 1 fully saturated rings. The molecule has 3 heterocycles. The number of hydrogen-bond donors (Lipinski definition) is 0. The monoisotopic (exact) mass is 372 g/mol. The van der Waals surface area contributed by atoms with E-state index in [1.165, 1.54) is 69.1 Å². The van der Waals surface area contributed by atoms with Crippen LogP contribution in [0.1, 0.15) is 38.5 Å².